The molecule has 0 aromatic heterocycles. The van der Waals surface area contributed by atoms with Crippen LogP contribution in [0.3, 0.4) is 0 Å². The number of rotatable bonds is 0. The van der Waals surface area contributed by atoms with Crippen molar-refractivity contribution in [3.05, 3.63) is 12.2 Å². The van der Waals surface area contributed by atoms with Gasteiger partial charge in [-0.15, -0.1) is 23.2 Å². The maximum Gasteiger partial charge on any atom is 0.180 e. The summed E-state index contributed by atoms with van der Waals surface area (Å²) in [6.45, 7) is 0. The van der Waals surface area contributed by atoms with Crippen LogP contribution >= 0.6 is 23.2 Å². The summed E-state index contributed by atoms with van der Waals surface area (Å²) < 4.78 is 0. The van der Waals surface area contributed by atoms with Gasteiger partial charge in [-0.2, -0.15) is 0 Å². The minimum absolute atomic E-state index is 0.386. The van der Waals surface area contributed by atoms with Crippen LogP contribution in [-0.2, 0) is 9.59 Å². The monoisotopic (exact) mass is 178 g/mol. The van der Waals surface area contributed by atoms with Crippen LogP contribution in [0.5, 0.6) is 0 Å². The summed E-state index contributed by atoms with van der Waals surface area (Å²) in [7, 11) is 0. The van der Waals surface area contributed by atoms with E-state index in [1.807, 2.05) is 0 Å². The molecule has 0 bridgehead atoms. The maximum atomic E-state index is 10.8. The quantitative estimate of drug-likeness (QED) is 0.409. The largest absolute Gasteiger partial charge is 0.295 e. The van der Waals surface area contributed by atoms with Gasteiger partial charge >= 0.3 is 0 Å². The van der Waals surface area contributed by atoms with Gasteiger partial charge in [0.1, 0.15) is 5.38 Å². The van der Waals surface area contributed by atoms with Gasteiger partial charge in [0, 0.05) is 0 Å². The first-order chi connectivity index (χ1) is 4.63. The zero-order chi connectivity index (χ0) is 7.72. The number of carbonyl (C=O) groups is 2. The number of hydrogen-bond acceptors (Lipinski definition) is 2. The van der Waals surface area contributed by atoms with E-state index in [1.54, 1.807) is 0 Å². The number of alkyl halides is 2. The lowest BCUT2D eigenvalue weighted by Gasteiger charge is -2.11. The normalized spacial score (nSPS) is 33.0. The lowest BCUT2D eigenvalue weighted by molar-refractivity contribution is -0.124. The molecule has 54 valence electrons. The van der Waals surface area contributed by atoms with Gasteiger partial charge in [0.05, 0.1) is 0 Å². The second-order valence-electron chi connectivity index (χ2n) is 1.93. The maximum absolute atomic E-state index is 10.8. The van der Waals surface area contributed by atoms with E-state index in [-0.39, 0.29) is 5.78 Å². The Morgan fingerprint density at radius 2 is 1.90 bits per heavy atom. The Morgan fingerprint density at radius 3 is 2.40 bits per heavy atom. The van der Waals surface area contributed by atoms with Crippen LogP contribution in [0.2, 0.25) is 0 Å². The molecule has 0 aromatic rings. The summed E-state index contributed by atoms with van der Waals surface area (Å²) >= 11 is 10.8. The van der Waals surface area contributed by atoms with E-state index in [2.05, 4.69) is 0 Å². The standard InChI is InChI=1S/C6H4Cl2O2/c7-3-1-2-4(9)5(8)6(3)10/h1-3,5H. The molecule has 4 heteroatoms. The van der Waals surface area contributed by atoms with Crippen molar-refractivity contribution in [1.29, 1.82) is 0 Å². The average Bonchev–Trinajstić information content (AvgIpc) is 1.93. The Bertz CT molecular complexity index is 210. The molecule has 0 aromatic carbocycles. The molecule has 0 heterocycles. The molecule has 0 fully saturated rings. The van der Waals surface area contributed by atoms with Crippen LogP contribution in [0.1, 0.15) is 0 Å². The minimum atomic E-state index is -1.08. The van der Waals surface area contributed by atoms with Gasteiger partial charge < -0.3 is 0 Å². The third-order valence-electron chi connectivity index (χ3n) is 1.20. The predicted octanol–water partition coefficient (Wildman–Crippen LogP) is 0.909. The van der Waals surface area contributed by atoms with Crippen molar-refractivity contribution in [2.75, 3.05) is 0 Å². The Labute approximate surface area is 67.8 Å². The fourth-order valence-corrected chi connectivity index (χ4v) is 1.11. The molecule has 2 nitrogen and oxygen atoms in total. The van der Waals surface area contributed by atoms with E-state index >= 15 is 0 Å². The van der Waals surface area contributed by atoms with E-state index in [0.717, 1.165) is 0 Å². The van der Waals surface area contributed by atoms with E-state index in [1.165, 1.54) is 12.2 Å². The molecule has 0 N–H and O–H groups in total. The van der Waals surface area contributed by atoms with Crippen LogP contribution < -0.4 is 0 Å². The number of carbonyl (C=O) groups excluding carboxylic acids is 2. The van der Waals surface area contributed by atoms with Gasteiger partial charge in [-0.25, -0.2) is 0 Å². The summed E-state index contributed by atoms with van der Waals surface area (Å²) in [6.07, 6.45) is 2.57. The van der Waals surface area contributed by atoms with Gasteiger partial charge in [0.25, 0.3) is 0 Å². The average molecular weight is 179 g/mol. The summed E-state index contributed by atoms with van der Waals surface area (Å²) in [5.41, 5.74) is 0. The molecule has 2 unspecified atom stereocenters. The first-order valence-electron chi connectivity index (χ1n) is 2.67. The fraction of sp³-hybridized carbons (Fsp3) is 0.333. The molecule has 2 atom stereocenters. The van der Waals surface area contributed by atoms with Crippen LogP contribution in [0.25, 0.3) is 0 Å². The van der Waals surface area contributed by atoms with E-state index in [9.17, 15) is 9.59 Å². The van der Waals surface area contributed by atoms with Crippen LogP contribution in [-0.4, -0.2) is 22.3 Å². The molecule has 0 saturated heterocycles. The molecule has 1 aliphatic carbocycles. The Kier molecular flexibility index (Phi) is 2.11. The Morgan fingerprint density at radius 1 is 1.30 bits per heavy atom. The molecule has 0 radical (unpaired) electrons. The molecule has 0 saturated carbocycles. The zero-order valence-electron chi connectivity index (χ0n) is 4.88. The smallest absolute Gasteiger partial charge is 0.180 e. The van der Waals surface area contributed by atoms with Gasteiger partial charge in [0.15, 0.2) is 16.9 Å². The minimum Gasteiger partial charge on any atom is -0.295 e. The molecule has 10 heavy (non-hydrogen) atoms. The van der Waals surface area contributed by atoms with Crippen LogP contribution in [0.15, 0.2) is 12.2 Å². The van der Waals surface area contributed by atoms with Gasteiger partial charge in [-0.1, -0.05) is 6.08 Å². The summed E-state index contributed by atoms with van der Waals surface area (Å²) in [4.78, 5) is 21.5. The van der Waals surface area contributed by atoms with Gasteiger partial charge in [-0.3, -0.25) is 9.59 Å². The topological polar surface area (TPSA) is 34.1 Å². The Balaban J connectivity index is 2.89. The first kappa shape index (κ1) is 7.76. The second-order valence-corrected chi connectivity index (χ2v) is 2.83. The summed E-state index contributed by atoms with van der Waals surface area (Å²) in [5, 5.41) is -1.81. The lowest BCUT2D eigenvalue weighted by Crippen LogP contribution is -2.33. The third kappa shape index (κ3) is 1.22. The molecule has 0 aliphatic heterocycles. The van der Waals surface area contributed by atoms with Crippen LogP contribution in [0.4, 0.5) is 0 Å². The highest BCUT2D eigenvalue weighted by molar-refractivity contribution is 6.50. The molecule has 0 spiro atoms. The molecular formula is C6H4Cl2O2. The molecule has 0 amide bonds. The summed E-state index contributed by atoms with van der Waals surface area (Å²) in [5.74, 6) is -0.820. The molecule has 1 aliphatic rings. The summed E-state index contributed by atoms with van der Waals surface area (Å²) in [6, 6.07) is 0. The molecule has 1 rings (SSSR count). The van der Waals surface area contributed by atoms with E-state index in [4.69, 9.17) is 23.2 Å². The van der Waals surface area contributed by atoms with Gasteiger partial charge in [0.2, 0.25) is 0 Å². The van der Waals surface area contributed by atoms with E-state index < -0.39 is 16.5 Å². The van der Waals surface area contributed by atoms with Gasteiger partial charge in [-0.05, 0) is 6.08 Å². The number of Topliss-reactive ketones (excluding diaryl/α,β-unsaturated/α-hetero) is 1. The SMILES string of the molecule is O=C1C=CC(Cl)C(=O)C1Cl. The van der Waals surface area contributed by atoms with Crippen molar-refractivity contribution in [3.63, 3.8) is 0 Å². The Hall–Kier alpha value is -0.340. The number of halogens is 2. The number of hydrogen-bond donors (Lipinski definition) is 0. The highest BCUT2D eigenvalue weighted by Crippen LogP contribution is 2.14. The lowest BCUT2D eigenvalue weighted by atomic mass is 10.0. The van der Waals surface area contributed by atoms with E-state index in [0.29, 0.717) is 0 Å². The van der Waals surface area contributed by atoms with Crippen molar-refractivity contribution >= 4 is 34.8 Å². The third-order valence-corrected chi connectivity index (χ3v) is 1.99. The van der Waals surface area contributed by atoms with Crippen molar-refractivity contribution < 1.29 is 9.59 Å². The van der Waals surface area contributed by atoms with Crippen LogP contribution in [0, 0.1) is 0 Å². The van der Waals surface area contributed by atoms with Crippen molar-refractivity contribution in [2.24, 2.45) is 0 Å². The second kappa shape index (κ2) is 2.72. The highest BCUT2D eigenvalue weighted by atomic mass is 35.5. The number of ketones is 2. The number of allylic oxidation sites excluding steroid dienone is 2. The van der Waals surface area contributed by atoms with Crippen molar-refractivity contribution in [2.45, 2.75) is 10.8 Å². The van der Waals surface area contributed by atoms with Crippen molar-refractivity contribution in [3.8, 4) is 0 Å². The predicted molar refractivity (Wildman–Crippen MR) is 38.4 cm³/mol. The fourth-order valence-electron chi connectivity index (χ4n) is 0.639. The first-order valence-corrected chi connectivity index (χ1v) is 3.54. The zero-order valence-corrected chi connectivity index (χ0v) is 6.39. The molecular weight excluding hydrogens is 175 g/mol. The van der Waals surface area contributed by atoms with Crippen molar-refractivity contribution in [1.82, 2.24) is 0 Å². The highest BCUT2D eigenvalue weighted by Gasteiger charge is 2.30.